The van der Waals surface area contributed by atoms with Crippen molar-refractivity contribution < 1.29 is 52.9 Å². The molecule has 12 nitrogen and oxygen atoms in total. The van der Waals surface area contributed by atoms with E-state index in [9.17, 15) is 34.4 Å². The number of unbranched alkanes of at least 4 members (excludes halogenated alkanes) is 14. The van der Waals surface area contributed by atoms with E-state index in [0.717, 1.165) is 57.8 Å². The average Bonchev–Trinajstić information content (AvgIpc) is 3.44. The number of carbonyl (C=O) groups excluding carboxylic acids is 2. The van der Waals surface area contributed by atoms with Crippen LogP contribution < -0.4 is 5.73 Å². The standard InChI is InChI=1S/C43H78NO11P/c1-3-5-7-8-9-10-11-12-13-14-15-16-17-18-23-27-42(48)52-34-37(35-54-56(50,51)53-32-31-44)55-43(49)28-24-20-19-22-26-38-39(41(47)33-40(38)46)30-29-36(45)25-21-6-4-2/h12-13,19,22,29-30,36-41,45-47H,3-11,14-18,20-21,23-28,31-35,44H2,1-2H3,(H,50,51)/b13-12-,22-19+,30-29+/t36-,37+,38+,39+,40-,41+/m0/s1. The molecule has 1 aliphatic rings. The van der Waals surface area contributed by atoms with Crippen LogP contribution in [0.2, 0.25) is 0 Å². The van der Waals surface area contributed by atoms with Crippen LogP contribution >= 0.6 is 7.82 Å². The summed E-state index contributed by atoms with van der Waals surface area (Å²) in [4.78, 5) is 35.0. The summed E-state index contributed by atoms with van der Waals surface area (Å²) in [6.07, 6.45) is 29.8. The maximum Gasteiger partial charge on any atom is 0.472 e. The molecule has 1 aliphatic carbocycles. The van der Waals surface area contributed by atoms with E-state index in [4.69, 9.17) is 24.3 Å². The molecule has 56 heavy (non-hydrogen) atoms. The maximum atomic E-state index is 12.7. The molecular weight excluding hydrogens is 737 g/mol. The molecule has 7 atom stereocenters. The number of carbonyl (C=O) groups is 2. The molecule has 0 radical (unpaired) electrons. The molecule has 13 heteroatoms. The molecule has 0 bridgehead atoms. The van der Waals surface area contributed by atoms with Crippen LogP contribution in [-0.2, 0) is 32.7 Å². The van der Waals surface area contributed by atoms with Gasteiger partial charge in [-0.15, -0.1) is 0 Å². The van der Waals surface area contributed by atoms with Crippen molar-refractivity contribution in [2.75, 3.05) is 26.4 Å². The van der Waals surface area contributed by atoms with Crippen LogP contribution in [0.25, 0.3) is 0 Å². The number of esters is 2. The van der Waals surface area contributed by atoms with Gasteiger partial charge in [0.15, 0.2) is 6.10 Å². The minimum atomic E-state index is -4.45. The fourth-order valence-electron chi connectivity index (χ4n) is 6.74. The number of hydrogen-bond donors (Lipinski definition) is 5. The molecule has 1 fully saturated rings. The Bertz CT molecular complexity index is 1130. The minimum Gasteiger partial charge on any atom is -0.462 e. The third kappa shape index (κ3) is 27.7. The normalized spacial score (nSPS) is 20.9. The average molecular weight is 816 g/mol. The van der Waals surface area contributed by atoms with Gasteiger partial charge >= 0.3 is 19.8 Å². The second-order valence-corrected chi connectivity index (χ2v) is 16.6. The number of rotatable bonds is 36. The topological polar surface area (TPSA) is 195 Å². The third-order valence-corrected chi connectivity index (χ3v) is 11.1. The van der Waals surface area contributed by atoms with Crippen LogP contribution in [0, 0.1) is 11.8 Å². The largest absolute Gasteiger partial charge is 0.472 e. The predicted octanol–water partition coefficient (Wildman–Crippen LogP) is 8.54. The van der Waals surface area contributed by atoms with E-state index in [1.54, 1.807) is 6.08 Å². The maximum absolute atomic E-state index is 12.7. The van der Waals surface area contributed by atoms with Crippen molar-refractivity contribution >= 4 is 19.8 Å². The molecule has 0 saturated heterocycles. The Morgan fingerprint density at radius 2 is 1.34 bits per heavy atom. The molecule has 0 spiro atoms. The molecule has 1 saturated carbocycles. The van der Waals surface area contributed by atoms with Crippen molar-refractivity contribution in [3.63, 3.8) is 0 Å². The van der Waals surface area contributed by atoms with Crippen molar-refractivity contribution in [2.24, 2.45) is 17.6 Å². The summed E-state index contributed by atoms with van der Waals surface area (Å²) in [6, 6.07) is 0. The van der Waals surface area contributed by atoms with Crippen LogP contribution in [0.15, 0.2) is 36.5 Å². The van der Waals surface area contributed by atoms with Gasteiger partial charge in [-0.2, -0.15) is 0 Å². The van der Waals surface area contributed by atoms with Crippen molar-refractivity contribution in [3.05, 3.63) is 36.5 Å². The molecule has 6 N–H and O–H groups in total. The molecule has 1 rings (SSSR count). The molecular formula is C43H78NO11P. The highest BCUT2D eigenvalue weighted by molar-refractivity contribution is 7.47. The van der Waals surface area contributed by atoms with Gasteiger partial charge in [0, 0.05) is 31.7 Å². The molecule has 0 aromatic heterocycles. The van der Waals surface area contributed by atoms with Gasteiger partial charge in [0.25, 0.3) is 0 Å². The van der Waals surface area contributed by atoms with Crippen LogP contribution in [-0.4, -0.2) is 82.9 Å². The highest BCUT2D eigenvalue weighted by atomic mass is 31.2. The summed E-state index contributed by atoms with van der Waals surface area (Å²) >= 11 is 0. The van der Waals surface area contributed by atoms with Gasteiger partial charge in [-0.25, -0.2) is 4.57 Å². The minimum absolute atomic E-state index is 0.0128. The van der Waals surface area contributed by atoms with Gasteiger partial charge in [0.1, 0.15) is 6.61 Å². The van der Waals surface area contributed by atoms with Crippen molar-refractivity contribution in [3.8, 4) is 0 Å². The SMILES string of the molecule is CCCCCCCC/C=C\CCCCCCCC(=O)OC[C@H](COP(=O)(O)OCCN)OC(=O)CCC/C=C/C[C@@H]1[C@@H](/C=C/[C@@H](O)CCCCC)[C@H](O)C[C@@H]1O. The summed E-state index contributed by atoms with van der Waals surface area (Å²) in [5, 5.41) is 31.3. The fraction of sp³-hybridized carbons (Fsp3) is 0.814. The van der Waals surface area contributed by atoms with E-state index in [1.165, 1.54) is 38.5 Å². The Hall–Kier alpha value is -1.89. The number of phosphoric acid groups is 1. The first-order valence-corrected chi connectivity index (χ1v) is 23.2. The van der Waals surface area contributed by atoms with Crippen molar-refractivity contribution in [1.29, 1.82) is 0 Å². The highest BCUT2D eigenvalue weighted by Gasteiger charge is 2.39. The number of nitrogens with two attached hydrogens (primary N) is 1. The Morgan fingerprint density at radius 3 is 2.02 bits per heavy atom. The number of aliphatic hydroxyl groups excluding tert-OH is 3. The number of hydrogen-bond acceptors (Lipinski definition) is 11. The van der Waals surface area contributed by atoms with E-state index in [2.05, 4.69) is 26.0 Å². The first-order valence-electron chi connectivity index (χ1n) is 21.7. The smallest absolute Gasteiger partial charge is 0.462 e. The molecule has 0 aromatic rings. The van der Waals surface area contributed by atoms with Crippen molar-refractivity contribution in [1.82, 2.24) is 0 Å². The lowest BCUT2D eigenvalue weighted by Gasteiger charge is -2.20. The van der Waals surface area contributed by atoms with Crippen LogP contribution in [0.3, 0.4) is 0 Å². The summed E-state index contributed by atoms with van der Waals surface area (Å²) in [7, 11) is -4.45. The van der Waals surface area contributed by atoms with Crippen LogP contribution in [0.1, 0.15) is 162 Å². The number of ether oxygens (including phenoxy) is 2. The van der Waals surface area contributed by atoms with Gasteiger partial charge < -0.3 is 35.4 Å². The molecule has 0 amide bonds. The zero-order valence-electron chi connectivity index (χ0n) is 34.7. The van der Waals surface area contributed by atoms with Gasteiger partial charge in [-0.3, -0.25) is 18.6 Å². The number of phosphoric ester groups is 1. The molecule has 0 aliphatic heterocycles. The second-order valence-electron chi connectivity index (χ2n) is 15.2. The molecule has 0 heterocycles. The summed E-state index contributed by atoms with van der Waals surface area (Å²) in [5.41, 5.74) is 5.34. The van der Waals surface area contributed by atoms with E-state index in [-0.39, 0.29) is 50.9 Å². The summed E-state index contributed by atoms with van der Waals surface area (Å²) in [5.74, 6) is -1.45. The quantitative estimate of drug-likeness (QED) is 0.0175. The van der Waals surface area contributed by atoms with E-state index in [1.807, 2.05) is 18.2 Å². The summed E-state index contributed by atoms with van der Waals surface area (Å²) < 4.78 is 32.7. The first-order chi connectivity index (χ1) is 27.0. The summed E-state index contributed by atoms with van der Waals surface area (Å²) in [6.45, 7) is 3.33. The lowest BCUT2D eigenvalue weighted by atomic mass is 9.89. The van der Waals surface area contributed by atoms with E-state index >= 15 is 0 Å². The van der Waals surface area contributed by atoms with Gasteiger partial charge in [-0.1, -0.05) is 121 Å². The van der Waals surface area contributed by atoms with Crippen LogP contribution in [0.4, 0.5) is 0 Å². The zero-order chi connectivity index (χ0) is 41.3. The fourth-order valence-corrected chi connectivity index (χ4v) is 7.51. The van der Waals surface area contributed by atoms with Crippen LogP contribution in [0.5, 0.6) is 0 Å². The molecule has 1 unspecified atom stereocenters. The first kappa shape index (κ1) is 52.1. The highest BCUT2D eigenvalue weighted by Crippen LogP contribution is 2.43. The van der Waals surface area contributed by atoms with E-state index < -0.39 is 50.8 Å². The Labute approximate surface area is 338 Å². The number of aliphatic hydroxyl groups is 3. The molecule has 326 valence electrons. The monoisotopic (exact) mass is 816 g/mol. The van der Waals surface area contributed by atoms with Gasteiger partial charge in [-0.05, 0) is 63.7 Å². The number of allylic oxidation sites excluding steroid dienone is 4. The van der Waals surface area contributed by atoms with Gasteiger partial charge in [0.05, 0.1) is 31.5 Å². The van der Waals surface area contributed by atoms with E-state index in [0.29, 0.717) is 32.1 Å². The predicted molar refractivity (Wildman–Crippen MR) is 222 cm³/mol. The Morgan fingerprint density at radius 1 is 0.750 bits per heavy atom. The lowest BCUT2D eigenvalue weighted by molar-refractivity contribution is -0.161. The van der Waals surface area contributed by atoms with Gasteiger partial charge in [0.2, 0.25) is 0 Å². The third-order valence-electron chi connectivity index (χ3n) is 10.1. The lowest BCUT2D eigenvalue weighted by Crippen LogP contribution is -2.29. The Balaban J connectivity index is 2.43. The second kappa shape index (κ2) is 34.0. The Kier molecular flexibility index (Phi) is 31.7. The van der Waals surface area contributed by atoms with Crippen molar-refractivity contribution in [2.45, 2.75) is 186 Å². The zero-order valence-corrected chi connectivity index (χ0v) is 35.6. The molecule has 0 aromatic carbocycles.